The number of rotatable bonds is 5. The molecule has 0 radical (unpaired) electrons. The second-order valence-corrected chi connectivity index (χ2v) is 5.80. The van der Waals surface area contributed by atoms with E-state index in [-0.39, 0.29) is 18.7 Å². The van der Waals surface area contributed by atoms with Gasteiger partial charge in [0.1, 0.15) is 0 Å². The molecule has 2 atom stereocenters. The molecule has 0 saturated heterocycles. The van der Waals surface area contributed by atoms with Crippen LogP contribution in [0.1, 0.15) is 34.3 Å². The highest BCUT2D eigenvalue weighted by molar-refractivity contribution is 7.12. The van der Waals surface area contributed by atoms with Crippen LogP contribution in [0, 0.1) is 6.92 Å². The van der Waals surface area contributed by atoms with E-state index in [9.17, 15) is 5.11 Å². The molecule has 1 heterocycles. The largest absolute Gasteiger partial charge is 0.394 e. The Kier molecular flexibility index (Phi) is 4.53. The fourth-order valence-corrected chi connectivity index (χ4v) is 2.90. The van der Waals surface area contributed by atoms with Crippen LogP contribution in [0.5, 0.6) is 0 Å². The number of benzene rings is 1. The average molecular weight is 261 g/mol. The number of aryl methyl sites for hydroxylation is 1. The van der Waals surface area contributed by atoms with Crippen LogP contribution in [0.3, 0.4) is 0 Å². The van der Waals surface area contributed by atoms with Crippen molar-refractivity contribution < 1.29 is 5.11 Å². The average Bonchev–Trinajstić information content (AvgIpc) is 2.83. The van der Waals surface area contributed by atoms with Gasteiger partial charge in [0.05, 0.1) is 12.6 Å². The molecular weight excluding hydrogens is 242 g/mol. The van der Waals surface area contributed by atoms with E-state index in [1.165, 1.54) is 9.75 Å². The smallest absolute Gasteiger partial charge is 0.0626 e. The molecule has 1 unspecified atom stereocenters. The molecule has 0 spiro atoms. The van der Waals surface area contributed by atoms with E-state index in [0.717, 1.165) is 5.56 Å². The number of thiophene rings is 1. The summed E-state index contributed by atoms with van der Waals surface area (Å²) in [5, 5.41) is 13.0. The van der Waals surface area contributed by atoms with Gasteiger partial charge in [0, 0.05) is 15.8 Å². The molecule has 0 aliphatic carbocycles. The summed E-state index contributed by atoms with van der Waals surface area (Å²) < 4.78 is 0. The summed E-state index contributed by atoms with van der Waals surface area (Å²) in [7, 11) is 0. The molecule has 2 nitrogen and oxygen atoms in total. The fourth-order valence-electron chi connectivity index (χ4n) is 2.01. The second-order valence-electron chi connectivity index (χ2n) is 4.48. The maximum absolute atomic E-state index is 9.52. The second kappa shape index (κ2) is 6.14. The minimum atomic E-state index is -0.0105. The highest BCUT2D eigenvalue weighted by Crippen LogP contribution is 2.25. The fraction of sp³-hybridized carbons (Fsp3) is 0.333. The first-order valence-corrected chi connectivity index (χ1v) is 7.00. The van der Waals surface area contributed by atoms with Crippen molar-refractivity contribution in [3.05, 3.63) is 57.8 Å². The molecule has 2 N–H and O–H groups in total. The molecule has 18 heavy (non-hydrogen) atoms. The molecule has 1 aromatic heterocycles. The lowest BCUT2D eigenvalue weighted by Crippen LogP contribution is -2.26. The summed E-state index contributed by atoms with van der Waals surface area (Å²) in [6, 6.07) is 14.6. The van der Waals surface area contributed by atoms with Crippen LogP contribution in [0.25, 0.3) is 0 Å². The van der Waals surface area contributed by atoms with Gasteiger partial charge in [0.15, 0.2) is 0 Å². The molecule has 0 fully saturated rings. The van der Waals surface area contributed by atoms with Crippen LogP contribution in [0.4, 0.5) is 0 Å². The van der Waals surface area contributed by atoms with Crippen LogP contribution in [-0.2, 0) is 0 Å². The summed E-state index contributed by atoms with van der Waals surface area (Å²) in [5.74, 6) is 0. The standard InChI is InChI=1S/C15H19NOS/c1-11-8-9-15(18-11)12(2)16-14(10-17)13-6-4-3-5-7-13/h3-9,12,14,16-17H,10H2,1-2H3/t12?,14-/m1/s1. The van der Waals surface area contributed by atoms with Crippen molar-refractivity contribution in [2.45, 2.75) is 25.9 Å². The van der Waals surface area contributed by atoms with Gasteiger partial charge in [-0.1, -0.05) is 30.3 Å². The van der Waals surface area contributed by atoms with Crippen molar-refractivity contribution in [2.24, 2.45) is 0 Å². The monoisotopic (exact) mass is 261 g/mol. The SMILES string of the molecule is Cc1ccc(C(C)N[C@H](CO)c2ccccc2)s1. The normalized spacial score (nSPS) is 14.4. The lowest BCUT2D eigenvalue weighted by Gasteiger charge is -2.21. The van der Waals surface area contributed by atoms with E-state index >= 15 is 0 Å². The Morgan fingerprint density at radius 3 is 2.44 bits per heavy atom. The number of nitrogens with one attached hydrogen (secondary N) is 1. The van der Waals surface area contributed by atoms with Gasteiger partial charge in [-0.2, -0.15) is 0 Å². The number of hydrogen-bond acceptors (Lipinski definition) is 3. The predicted octanol–water partition coefficient (Wildman–Crippen LogP) is 3.44. The van der Waals surface area contributed by atoms with E-state index in [1.54, 1.807) is 11.3 Å². The molecule has 0 aliphatic rings. The minimum Gasteiger partial charge on any atom is -0.394 e. The van der Waals surface area contributed by atoms with E-state index in [1.807, 2.05) is 30.3 Å². The molecule has 1 aromatic carbocycles. The molecule has 0 saturated carbocycles. The highest BCUT2D eigenvalue weighted by Gasteiger charge is 2.15. The third kappa shape index (κ3) is 3.19. The molecule has 3 heteroatoms. The maximum atomic E-state index is 9.52. The van der Waals surface area contributed by atoms with Crippen LogP contribution in [-0.4, -0.2) is 11.7 Å². The Bertz CT molecular complexity index is 480. The molecular formula is C15H19NOS. The van der Waals surface area contributed by atoms with Crippen LogP contribution >= 0.6 is 11.3 Å². The summed E-state index contributed by atoms with van der Waals surface area (Å²) >= 11 is 1.80. The van der Waals surface area contributed by atoms with Crippen LogP contribution in [0.2, 0.25) is 0 Å². The quantitative estimate of drug-likeness (QED) is 0.864. The van der Waals surface area contributed by atoms with Gasteiger partial charge in [-0.25, -0.2) is 0 Å². The highest BCUT2D eigenvalue weighted by atomic mass is 32.1. The molecule has 0 aliphatic heterocycles. The van der Waals surface area contributed by atoms with Gasteiger partial charge in [0.25, 0.3) is 0 Å². The van der Waals surface area contributed by atoms with E-state index < -0.39 is 0 Å². The van der Waals surface area contributed by atoms with Crippen LogP contribution < -0.4 is 5.32 Å². The zero-order valence-electron chi connectivity index (χ0n) is 10.8. The number of aliphatic hydroxyl groups is 1. The molecule has 2 aromatic rings. The van der Waals surface area contributed by atoms with Gasteiger partial charge >= 0.3 is 0 Å². The van der Waals surface area contributed by atoms with E-state index in [0.29, 0.717) is 0 Å². The maximum Gasteiger partial charge on any atom is 0.0626 e. The number of hydrogen-bond donors (Lipinski definition) is 2. The Morgan fingerprint density at radius 2 is 1.89 bits per heavy atom. The summed E-state index contributed by atoms with van der Waals surface area (Å²) in [5.41, 5.74) is 1.13. The first kappa shape index (κ1) is 13.3. The molecule has 0 bridgehead atoms. The van der Waals surface area contributed by atoms with Crippen molar-refractivity contribution in [2.75, 3.05) is 6.61 Å². The first-order valence-electron chi connectivity index (χ1n) is 6.19. The van der Waals surface area contributed by atoms with Gasteiger partial charge in [0.2, 0.25) is 0 Å². The van der Waals surface area contributed by atoms with E-state index in [4.69, 9.17) is 0 Å². The Balaban J connectivity index is 2.07. The number of aliphatic hydroxyl groups excluding tert-OH is 1. The van der Waals surface area contributed by atoms with Gasteiger partial charge in [-0.05, 0) is 31.5 Å². The predicted molar refractivity (Wildman–Crippen MR) is 76.9 cm³/mol. The third-order valence-electron chi connectivity index (χ3n) is 3.02. The minimum absolute atomic E-state index is 0.0105. The Morgan fingerprint density at radius 1 is 1.17 bits per heavy atom. The Hall–Kier alpha value is -1.16. The topological polar surface area (TPSA) is 32.3 Å². The van der Waals surface area contributed by atoms with Crippen molar-refractivity contribution in [1.82, 2.24) is 5.32 Å². The molecule has 2 rings (SSSR count). The van der Waals surface area contributed by atoms with Gasteiger partial charge in [-0.15, -0.1) is 11.3 Å². The van der Waals surface area contributed by atoms with E-state index in [2.05, 4.69) is 31.3 Å². The lowest BCUT2D eigenvalue weighted by atomic mass is 10.1. The van der Waals surface area contributed by atoms with Crippen molar-refractivity contribution in [3.63, 3.8) is 0 Å². The summed E-state index contributed by atoms with van der Waals surface area (Å²) in [6.07, 6.45) is 0. The zero-order chi connectivity index (χ0) is 13.0. The van der Waals surface area contributed by atoms with Gasteiger partial charge in [-0.3, -0.25) is 0 Å². The lowest BCUT2D eigenvalue weighted by molar-refractivity contribution is 0.236. The summed E-state index contributed by atoms with van der Waals surface area (Å²) in [4.78, 5) is 2.63. The van der Waals surface area contributed by atoms with Gasteiger partial charge < -0.3 is 10.4 Å². The van der Waals surface area contributed by atoms with Crippen molar-refractivity contribution in [1.29, 1.82) is 0 Å². The first-order chi connectivity index (χ1) is 8.70. The van der Waals surface area contributed by atoms with Crippen LogP contribution in [0.15, 0.2) is 42.5 Å². The molecule has 0 amide bonds. The van der Waals surface area contributed by atoms with Crippen molar-refractivity contribution in [3.8, 4) is 0 Å². The molecule has 96 valence electrons. The zero-order valence-corrected chi connectivity index (χ0v) is 11.6. The third-order valence-corrected chi connectivity index (χ3v) is 4.21. The Labute approximate surface area is 112 Å². The van der Waals surface area contributed by atoms with Crippen molar-refractivity contribution >= 4 is 11.3 Å². The summed E-state index contributed by atoms with van der Waals surface area (Å²) in [6.45, 7) is 4.36.